The van der Waals surface area contributed by atoms with Crippen molar-refractivity contribution >= 4 is 33.4 Å². The summed E-state index contributed by atoms with van der Waals surface area (Å²) in [7, 11) is 1.46. The fourth-order valence-corrected chi connectivity index (χ4v) is 2.46. The van der Waals surface area contributed by atoms with Gasteiger partial charge in [0.25, 0.3) is 5.91 Å². The highest BCUT2D eigenvalue weighted by molar-refractivity contribution is 9.10. The number of nitrogens with zero attached hydrogens (tertiary/aromatic N) is 1. The van der Waals surface area contributed by atoms with Gasteiger partial charge in [0.1, 0.15) is 11.6 Å². The van der Waals surface area contributed by atoms with Crippen LogP contribution >= 0.6 is 27.5 Å². The molecule has 2 aromatic carbocycles. The second-order valence-electron chi connectivity index (χ2n) is 4.46. The second-order valence-corrected chi connectivity index (χ2v) is 5.72. The standard InChI is InChI=1S/C15H11BrClF2NO/c1-20(8-10-12(17)6-3-7-13(10)18)15(21)9-4-2-5-11(16)14(9)19/h2-7H,8H2,1H3. The first-order valence-electron chi connectivity index (χ1n) is 6.04. The number of carbonyl (C=O) groups is 1. The quantitative estimate of drug-likeness (QED) is 0.765. The van der Waals surface area contributed by atoms with Crippen LogP contribution in [0.2, 0.25) is 5.02 Å². The molecule has 0 spiro atoms. The molecule has 0 unspecified atom stereocenters. The molecule has 0 saturated carbocycles. The molecule has 0 atom stereocenters. The molecule has 2 aromatic rings. The van der Waals surface area contributed by atoms with Gasteiger partial charge in [-0.05, 0) is 40.2 Å². The molecule has 110 valence electrons. The number of amides is 1. The van der Waals surface area contributed by atoms with Crippen molar-refractivity contribution in [2.24, 2.45) is 0 Å². The van der Waals surface area contributed by atoms with E-state index in [2.05, 4.69) is 15.9 Å². The molecule has 1 amide bonds. The lowest BCUT2D eigenvalue weighted by Gasteiger charge is -2.19. The molecule has 6 heteroatoms. The molecule has 0 heterocycles. The molecular formula is C15H11BrClF2NO. The molecular weight excluding hydrogens is 364 g/mol. The molecule has 2 nitrogen and oxygen atoms in total. The van der Waals surface area contributed by atoms with Gasteiger partial charge in [-0.25, -0.2) is 8.78 Å². The third kappa shape index (κ3) is 3.41. The third-order valence-corrected chi connectivity index (χ3v) is 3.95. The van der Waals surface area contributed by atoms with E-state index in [9.17, 15) is 13.6 Å². The minimum Gasteiger partial charge on any atom is -0.337 e. The van der Waals surface area contributed by atoms with Gasteiger partial charge in [0.2, 0.25) is 0 Å². The fourth-order valence-electron chi connectivity index (χ4n) is 1.87. The Morgan fingerprint density at radius 2 is 1.90 bits per heavy atom. The van der Waals surface area contributed by atoms with Crippen LogP contribution in [0, 0.1) is 11.6 Å². The molecule has 21 heavy (non-hydrogen) atoms. The van der Waals surface area contributed by atoms with Gasteiger partial charge in [-0.15, -0.1) is 0 Å². The van der Waals surface area contributed by atoms with Crippen molar-refractivity contribution in [1.82, 2.24) is 4.90 Å². The van der Waals surface area contributed by atoms with Crippen LogP contribution in [-0.2, 0) is 6.54 Å². The molecule has 2 rings (SSSR count). The van der Waals surface area contributed by atoms with Crippen molar-refractivity contribution in [2.75, 3.05) is 7.05 Å². The first-order valence-corrected chi connectivity index (χ1v) is 7.21. The average Bonchev–Trinajstić information content (AvgIpc) is 2.45. The molecule has 0 bridgehead atoms. The highest BCUT2D eigenvalue weighted by atomic mass is 79.9. The average molecular weight is 375 g/mol. The van der Waals surface area contributed by atoms with Crippen LogP contribution < -0.4 is 0 Å². The summed E-state index contributed by atoms with van der Waals surface area (Å²) in [6.07, 6.45) is 0. The van der Waals surface area contributed by atoms with E-state index in [-0.39, 0.29) is 27.2 Å². The zero-order valence-electron chi connectivity index (χ0n) is 11.0. The van der Waals surface area contributed by atoms with Crippen LogP contribution in [0.1, 0.15) is 15.9 Å². The second kappa shape index (κ2) is 6.54. The molecule has 0 aromatic heterocycles. The minimum atomic E-state index is -0.644. The Labute approximate surface area is 134 Å². The largest absolute Gasteiger partial charge is 0.337 e. The number of hydrogen-bond donors (Lipinski definition) is 0. The highest BCUT2D eigenvalue weighted by Gasteiger charge is 2.19. The van der Waals surface area contributed by atoms with Crippen LogP contribution in [0.25, 0.3) is 0 Å². The van der Waals surface area contributed by atoms with Crippen LogP contribution in [-0.4, -0.2) is 17.9 Å². The fraction of sp³-hybridized carbons (Fsp3) is 0.133. The van der Waals surface area contributed by atoms with E-state index in [1.807, 2.05) is 0 Å². The van der Waals surface area contributed by atoms with Gasteiger partial charge in [0.15, 0.2) is 0 Å². The van der Waals surface area contributed by atoms with Crippen LogP contribution in [0.3, 0.4) is 0 Å². The van der Waals surface area contributed by atoms with E-state index in [0.29, 0.717) is 0 Å². The highest BCUT2D eigenvalue weighted by Crippen LogP contribution is 2.23. The van der Waals surface area contributed by atoms with Gasteiger partial charge in [0, 0.05) is 24.2 Å². The van der Waals surface area contributed by atoms with Gasteiger partial charge in [-0.1, -0.05) is 23.7 Å². The van der Waals surface area contributed by atoms with E-state index in [1.165, 1.54) is 42.3 Å². The van der Waals surface area contributed by atoms with Crippen molar-refractivity contribution in [3.05, 3.63) is 68.7 Å². The monoisotopic (exact) mass is 373 g/mol. The van der Waals surface area contributed by atoms with Gasteiger partial charge in [0.05, 0.1) is 10.0 Å². The van der Waals surface area contributed by atoms with Crippen molar-refractivity contribution in [3.63, 3.8) is 0 Å². The Hall–Kier alpha value is -1.46. The zero-order chi connectivity index (χ0) is 15.6. The summed E-state index contributed by atoms with van der Waals surface area (Å²) >= 11 is 8.95. The first-order chi connectivity index (χ1) is 9.91. The minimum absolute atomic E-state index is 0.0453. The van der Waals surface area contributed by atoms with Gasteiger partial charge in [-0.3, -0.25) is 4.79 Å². The van der Waals surface area contributed by atoms with Crippen LogP contribution in [0.4, 0.5) is 8.78 Å². The van der Waals surface area contributed by atoms with Crippen molar-refractivity contribution in [3.8, 4) is 0 Å². The maximum absolute atomic E-state index is 13.9. The Bertz CT molecular complexity index is 673. The van der Waals surface area contributed by atoms with Gasteiger partial charge < -0.3 is 4.90 Å². The summed E-state index contributed by atoms with van der Waals surface area (Å²) in [5, 5.41) is 0.226. The number of rotatable bonds is 3. The normalized spacial score (nSPS) is 10.5. The van der Waals surface area contributed by atoms with Crippen molar-refractivity contribution in [1.29, 1.82) is 0 Å². The Kier molecular flexibility index (Phi) is 4.96. The maximum atomic E-state index is 13.9. The first kappa shape index (κ1) is 15.9. The smallest absolute Gasteiger partial charge is 0.256 e. The van der Waals surface area contributed by atoms with Gasteiger partial charge >= 0.3 is 0 Å². The summed E-state index contributed by atoms with van der Waals surface area (Å²) in [6.45, 7) is -0.0453. The van der Waals surface area contributed by atoms with E-state index in [0.717, 1.165) is 0 Å². The summed E-state index contributed by atoms with van der Waals surface area (Å²) in [5.41, 5.74) is 0.116. The summed E-state index contributed by atoms with van der Waals surface area (Å²) in [5.74, 6) is -1.70. The molecule has 0 aliphatic rings. The summed E-state index contributed by atoms with van der Waals surface area (Å²) in [4.78, 5) is 13.5. The topological polar surface area (TPSA) is 20.3 Å². The zero-order valence-corrected chi connectivity index (χ0v) is 13.4. The van der Waals surface area contributed by atoms with Crippen molar-refractivity contribution < 1.29 is 13.6 Å². The lowest BCUT2D eigenvalue weighted by Crippen LogP contribution is -2.27. The van der Waals surface area contributed by atoms with Crippen LogP contribution in [0.15, 0.2) is 40.9 Å². The molecule has 0 fully saturated rings. The predicted octanol–water partition coefficient (Wildman–Crippen LogP) is 4.65. The van der Waals surface area contributed by atoms with E-state index < -0.39 is 17.5 Å². The third-order valence-electron chi connectivity index (χ3n) is 2.99. The van der Waals surface area contributed by atoms with E-state index in [1.54, 1.807) is 6.07 Å². The number of halogens is 4. The molecule has 0 radical (unpaired) electrons. The Morgan fingerprint density at radius 1 is 1.24 bits per heavy atom. The molecule has 0 aliphatic heterocycles. The number of carbonyl (C=O) groups excluding carboxylic acids is 1. The van der Waals surface area contributed by atoms with Gasteiger partial charge in [-0.2, -0.15) is 0 Å². The predicted molar refractivity (Wildman–Crippen MR) is 81.3 cm³/mol. The Balaban J connectivity index is 2.26. The Morgan fingerprint density at radius 3 is 2.57 bits per heavy atom. The number of benzene rings is 2. The van der Waals surface area contributed by atoms with E-state index in [4.69, 9.17) is 11.6 Å². The molecule has 0 saturated heterocycles. The molecule has 0 N–H and O–H groups in total. The maximum Gasteiger partial charge on any atom is 0.256 e. The lowest BCUT2D eigenvalue weighted by atomic mass is 10.1. The summed E-state index contributed by atoms with van der Waals surface area (Å²) < 4.78 is 27.8. The molecule has 0 aliphatic carbocycles. The SMILES string of the molecule is CN(Cc1c(F)cccc1Cl)C(=O)c1cccc(Br)c1F. The van der Waals surface area contributed by atoms with Crippen LogP contribution in [0.5, 0.6) is 0 Å². The number of hydrogen-bond acceptors (Lipinski definition) is 1. The lowest BCUT2D eigenvalue weighted by molar-refractivity contribution is 0.0779. The van der Waals surface area contributed by atoms with Crippen molar-refractivity contribution in [2.45, 2.75) is 6.54 Å². The van der Waals surface area contributed by atoms with E-state index >= 15 is 0 Å². The summed E-state index contributed by atoms with van der Waals surface area (Å²) in [6, 6.07) is 8.72.